The SMILES string of the molecule is CN1CC[CH]CC1(C)C. The second-order valence-corrected chi connectivity index (χ2v) is 3.52. The van der Waals surface area contributed by atoms with Crippen LogP contribution >= 0.6 is 0 Å². The average molecular weight is 126 g/mol. The highest BCUT2D eigenvalue weighted by Gasteiger charge is 2.25. The summed E-state index contributed by atoms with van der Waals surface area (Å²) >= 11 is 0. The molecule has 1 radical (unpaired) electrons. The average Bonchev–Trinajstić information content (AvgIpc) is 1.77. The summed E-state index contributed by atoms with van der Waals surface area (Å²) in [5.74, 6) is 0. The van der Waals surface area contributed by atoms with Crippen molar-refractivity contribution in [3.05, 3.63) is 6.42 Å². The molecule has 53 valence electrons. The summed E-state index contributed by atoms with van der Waals surface area (Å²) in [4.78, 5) is 2.42. The van der Waals surface area contributed by atoms with Crippen molar-refractivity contribution in [1.82, 2.24) is 4.90 Å². The van der Waals surface area contributed by atoms with E-state index >= 15 is 0 Å². The molecule has 0 aromatic heterocycles. The van der Waals surface area contributed by atoms with Gasteiger partial charge in [-0.1, -0.05) is 0 Å². The Balaban J connectivity index is 2.49. The Kier molecular flexibility index (Phi) is 1.80. The van der Waals surface area contributed by atoms with Crippen LogP contribution < -0.4 is 0 Å². The van der Waals surface area contributed by atoms with E-state index < -0.39 is 0 Å². The van der Waals surface area contributed by atoms with Crippen LogP contribution in [0.25, 0.3) is 0 Å². The van der Waals surface area contributed by atoms with Gasteiger partial charge in [0, 0.05) is 5.54 Å². The zero-order valence-corrected chi connectivity index (χ0v) is 6.65. The van der Waals surface area contributed by atoms with E-state index in [4.69, 9.17) is 0 Å². The Morgan fingerprint density at radius 3 is 2.44 bits per heavy atom. The number of nitrogens with zero attached hydrogens (tertiary/aromatic N) is 1. The highest BCUT2D eigenvalue weighted by molar-refractivity contribution is 4.90. The summed E-state index contributed by atoms with van der Waals surface area (Å²) in [5, 5.41) is 0. The van der Waals surface area contributed by atoms with E-state index in [1.165, 1.54) is 19.4 Å². The van der Waals surface area contributed by atoms with Crippen LogP contribution in [0.3, 0.4) is 0 Å². The molecule has 9 heavy (non-hydrogen) atoms. The van der Waals surface area contributed by atoms with E-state index in [1.807, 2.05) is 0 Å². The van der Waals surface area contributed by atoms with Crippen molar-refractivity contribution in [1.29, 1.82) is 0 Å². The Morgan fingerprint density at radius 2 is 2.11 bits per heavy atom. The summed E-state index contributed by atoms with van der Waals surface area (Å²) in [7, 11) is 2.20. The maximum absolute atomic E-state index is 2.42. The van der Waals surface area contributed by atoms with Crippen molar-refractivity contribution < 1.29 is 0 Å². The monoisotopic (exact) mass is 126 g/mol. The third-order valence-corrected chi connectivity index (χ3v) is 2.35. The van der Waals surface area contributed by atoms with Crippen LogP contribution in [0.2, 0.25) is 0 Å². The minimum Gasteiger partial charge on any atom is -0.301 e. The maximum atomic E-state index is 2.42. The number of rotatable bonds is 0. The van der Waals surface area contributed by atoms with E-state index in [2.05, 4.69) is 32.2 Å². The van der Waals surface area contributed by atoms with Crippen molar-refractivity contribution in [2.24, 2.45) is 0 Å². The molecule has 1 heteroatoms. The summed E-state index contributed by atoms with van der Waals surface area (Å²) < 4.78 is 0. The molecule has 0 unspecified atom stereocenters. The van der Waals surface area contributed by atoms with Gasteiger partial charge in [-0.25, -0.2) is 0 Å². The molecule has 0 aromatic carbocycles. The van der Waals surface area contributed by atoms with Crippen molar-refractivity contribution >= 4 is 0 Å². The molecule has 0 bridgehead atoms. The van der Waals surface area contributed by atoms with Crippen LogP contribution in [-0.4, -0.2) is 24.0 Å². The lowest BCUT2D eigenvalue weighted by Crippen LogP contribution is -2.44. The fraction of sp³-hybridized carbons (Fsp3) is 0.875. The Morgan fingerprint density at radius 1 is 1.44 bits per heavy atom. The normalized spacial score (nSPS) is 28.3. The zero-order chi connectivity index (χ0) is 6.91. The predicted octanol–water partition coefficient (Wildman–Crippen LogP) is 1.69. The lowest BCUT2D eigenvalue weighted by atomic mass is 9.91. The summed E-state index contributed by atoms with van der Waals surface area (Å²) in [5.41, 5.74) is 0.415. The molecule has 1 fully saturated rings. The fourth-order valence-electron chi connectivity index (χ4n) is 1.20. The molecular weight excluding hydrogens is 110 g/mol. The molecule has 0 amide bonds. The zero-order valence-electron chi connectivity index (χ0n) is 6.65. The molecule has 0 spiro atoms. The van der Waals surface area contributed by atoms with Gasteiger partial charge < -0.3 is 4.90 Å². The van der Waals surface area contributed by atoms with Gasteiger partial charge in [0.25, 0.3) is 0 Å². The van der Waals surface area contributed by atoms with Gasteiger partial charge in [-0.3, -0.25) is 0 Å². The number of likely N-dealkylation sites (tertiary alicyclic amines) is 1. The highest BCUT2D eigenvalue weighted by Crippen LogP contribution is 2.24. The van der Waals surface area contributed by atoms with Crippen molar-refractivity contribution in [2.45, 2.75) is 32.2 Å². The Hall–Kier alpha value is -0.0400. The predicted molar refractivity (Wildman–Crippen MR) is 40.2 cm³/mol. The topological polar surface area (TPSA) is 3.24 Å². The number of piperidine rings is 1. The molecule has 0 aromatic rings. The molecule has 1 saturated heterocycles. The molecule has 0 N–H and O–H groups in total. The fourth-order valence-corrected chi connectivity index (χ4v) is 1.20. The van der Waals surface area contributed by atoms with Gasteiger partial charge in [-0.15, -0.1) is 0 Å². The minimum absolute atomic E-state index is 0.415. The maximum Gasteiger partial charge on any atom is 0.0152 e. The molecular formula is C8H16N. The van der Waals surface area contributed by atoms with Gasteiger partial charge in [-0.2, -0.15) is 0 Å². The van der Waals surface area contributed by atoms with Crippen LogP contribution in [0.4, 0.5) is 0 Å². The van der Waals surface area contributed by atoms with Crippen LogP contribution in [0, 0.1) is 6.42 Å². The van der Waals surface area contributed by atoms with E-state index in [0.717, 1.165) is 0 Å². The third-order valence-electron chi connectivity index (χ3n) is 2.35. The van der Waals surface area contributed by atoms with Crippen LogP contribution in [0.5, 0.6) is 0 Å². The molecule has 0 atom stereocenters. The molecule has 0 aliphatic carbocycles. The lowest BCUT2D eigenvalue weighted by Gasteiger charge is -2.39. The number of hydrogen-bond donors (Lipinski definition) is 0. The van der Waals surface area contributed by atoms with Crippen molar-refractivity contribution in [2.75, 3.05) is 13.6 Å². The highest BCUT2D eigenvalue weighted by atomic mass is 15.2. The van der Waals surface area contributed by atoms with E-state index in [0.29, 0.717) is 5.54 Å². The lowest BCUT2D eigenvalue weighted by molar-refractivity contribution is 0.132. The first kappa shape index (κ1) is 7.07. The van der Waals surface area contributed by atoms with Gasteiger partial charge in [0.1, 0.15) is 0 Å². The molecule has 1 nitrogen and oxygen atoms in total. The second-order valence-electron chi connectivity index (χ2n) is 3.52. The Labute approximate surface area is 58.0 Å². The molecule has 1 aliphatic rings. The van der Waals surface area contributed by atoms with Crippen LogP contribution in [-0.2, 0) is 0 Å². The minimum atomic E-state index is 0.415. The van der Waals surface area contributed by atoms with E-state index in [1.54, 1.807) is 0 Å². The van der Waals surface area contributed by atoms with Crippen molar-refractivity contribution in [3.63, 3.8) is 0 Å². The first-order chi connectivity index (χ1) is 4.13. The van der Waals surface area contributed by atoms with Crippen LogP contribution in [0.1, 0.15) is 26.7 Å². The second kappa shape index (κ2) is 2.30. The first-order valence-electron chi connectivity index (χ1n) is 3.66. The van der Waals surface area contributed by atoms with Gasteiger partial charge in [-0.05, 0) is 46.7 Å². The van der Waals surface area contributed by atoms with Crippen molar-refractivity contribution in [3.8, 4) is 0 Å². The van der Waals surface area contributed by atoms with Gasteiger partial charge in [0.05, 0.1) is 0 Å². The molecule has 1 heterocycles. The molecule has 1 aliphatic heterocycles. The standard InChI is InChI=1S/C8H16N/c1-8(2)6-4-5-7-9(8)3/h4H,5-7H2,1-3H3. The van der Waals surface area contributed by atoms with E-state index in [-0.39, 0.29) is 0 Å². The van der Waals surface area contributed by atoms with Gasteiger partial charge in [0.15, 0.2) is 0 Å². The number of hydrogen-bond acceptors (Lipinski definition) is 1. The third kappa shape index (κ3) is 1.45. The first-order valence-corrected chi connectivity index (χ1v) is 3.66. The quantitative estimate of drug-likeness (QED) is 0.477. The van der Waals surface area contributed by atoms with Gasteiger partial charge in [0.2, 0.25) is 0 Å². The summed E-state index contributed by atoms with van der Waals surface area (Å²) in [6.45, 7) is 5.82. The van der Waals surface area contributed by atoms with Gasteiger partial charge >= 0.3 is 0 Å². The largest absolute Gasteiger partial charge is 0.301 e. The smallest absolute Gasteiger partial charge is 0.0152 e. The van der Waals surface area contributed by atoms with Crippen LogP contribution in [0.15, 0.2) is 0 Å². The summed E-state index contributed by atoms with van der Waals surface area (Å²) in [6, 6.07) is 0. The Bertz CT molecular complexity index is 96.7. The summed E-state index contributed by atoms with van der Waals surface area (Å²) in [6.07, 6.45) is 4.89. The van der Waals surface area contributed by atoms with E-state index in [9.17, 15) is 0 Å². The molecule has 0 saturated carbocycles. The molecule has 1 rings (SSSR count).